The average Bonchev–Trinajstić information content (AvgIpc) is 2.45. The Morgan fingerprint density at radius 2 is 1.90 bits per heavy atom. The summed E-state index contributed by atoms with van der Waals surface area (Å²) in [6, 6.07) is 13.5. The normalized spacial score (nSPS) is 12.0. The van der Waals surface area contributed by atoms with Gasteiger partial charge in [-0.25, -0.2) is 0 Å². The van der Waals surface area contributed by atoms with E-state index in [1.54, 1.807) is 12.1 Å². The van der Waals surface area contributed by atoms with Crippen LogP contribution in [0.4, 0.5) is 5.69 Å². The molecule has 0 aromatic heterocycles. The molecule has 0 bridgehead atoms. The third-order valence-corrected chi connectivity index (χ3v) is 3.94. The van der Waals surface area contributed by atoms with Crippen LogP contribution in [0, 0.1) is 6.92 Å². The summed E-state index contributed by atoms with van der Waals surface area (Å²) in [6.45, 7) is 4.10. The Balaban J connectivity index is 2.18. The second kappa shape index (κ2) is 6.76. The summed E-state index contributed by atoms with van der Waals surface area (Å²) in [4.78, 5) is 12.4. The number of nitrogen functional groups attached to an aromatic ring is 1. The van der Waals surface area contributed by atoms with Gasteiger partial charge in [-0.2, -0.15) is 0 Å². The van der Waals surface area contributed by atoms with Crippen molar-refractivity contribution in [2.24, 2.45) is 0 Å². The van der Waals surface area contributed by atoms with Gasteiger partial charge in [-0.15, -0.1) is 0 Å². The molecule has 0 saturated carbocycles. The highest BCUT2D eigenvalue weighted by atomic mass is 79.9. The number of hydrogen-bond acceptors (Lipinski definition) is 2. The zero-order valence-corrected chi connectivity index (χ0v) is 13.8. The number of aryl methyl sites for hydroxylation is 1. The minimum absolute atomic E-state index is 0.0128. The van der Waals surface area contributed by atoms with Crippen LogP contribution in [0.25, 0.3) is 0 Å². The van der Waals surface area contributed by atoms with Gasteiger partial charge in [0.05, 0.1) is 11.6 Å². The molecule has 0 radical (unpaired) electrons. The van der Waals surface area contributed by atoms with Crippen molar-refractivity contribution in [3.63, 3.8) is 0 Å². The molecule has 1 amide bonds. The summed E-state index contributed by atoms with van der Waals surface area (Å²) in [7, 11) is 0. The Kier molecular flexibility index (Phi) is 5.02. The van der Waals surface area contributed by atoms with E-state index in [1.165, 1.54) is 5.56 Å². The molecule has 1 unspecified atom stereocenters. The Bertz CT molecular complexity index is 638. The second-order valence-corrected chi connectivity index (χ2v) is 5.99. The molecule has 110 valence electrons. The molecule has 3 N–H and O–H groups in total. The van der Waals surface area contributed by atoms with Crippen LogP contribution < -0.4 is 11.1 Å². The summed E-state index contributed by atoms with van der Waals surface area (Å²) in [5.41, 5.74) is 9.19. The molecule has 0 spiro atoms. The number of carbonyl (C=O) groups excluding carboxylic acids is 1. The Morgan fingerprint density at radius 1 is 1.24 bits per heavy atom. The monoisotopic (exact) mass is 346 g/mol. The fourth-order valence-electron chi connectivity index (χ4n) is 2.20. The summed E-state index contributed by atoms with van der Waals surface area (Å²) in [5.74, 6) is -0.146. The Morgan fingerprint density at radius 3 is 2.48 bits per heavy atom. The molecule has 21 heavy (non-hydrogen) atoms. The molecule has 2 aromatic rings. The van der Waals surface area contributed by atoms with Crippen LogP contribution >= 0.6 is 15.9 Å². The number of halogens is 1. The highest BCUT2D eigenvalue weighted by Gasteiger charge is 2.16. The van der Waals surface area contributed by atoms with E-state index >= 15 is 0 Å². The lowest BCUT2D eigenvalue weighted by Crippen LogP contribution is -2.28. The van der Waals surface area contributed by atoms with Crippen LogP contribution in [-0.2, 0) is 0 Å². The largest absolute Gasteiger partial charge is 0.398 e. The van der Waals surface area contributed by atoms with Crippen LogP contribution in [0.1, 0.15) is 40.9 Å². The maximum Gasteiger partial charge on any atom is 0.253 e. The van der Waals surface area contributed by atoms with Gasteiger partial charge in [0.2, 0.25) is 0 Å². The lowest BCUT2D eigenvalue weighted by molar-refractivity contribution is 0.0936. The van der Waals surface area contributed by atoms with Crippen molar-refractivity contribution in [3.8, 4) is 0 Å². The number of amides is 1. The molecule has 2 rings (SSSR count). The molecule has 0 saturated heterocycles. The van der Waals surface area contributed by atoms with Gasteiger partial charge in [0.15, 0.2) is 0 Å². The molecule has 0 aliphatic carbocycles. The molecular weight excluding hydrogens is 328 g/mol. The van der Waals surface area contributed by atoms with E-state index < -0.39 is 0 Å². The third kappa shape index (κ3) is 3.85. The van der Waals surface area contributed by atoms with Gasteiger partial charge in [-0.1, -0.05) is 52.7 Å². The topological polar surface area (TPSA) is 55.1 Å². The van der Waals surface area contributed by atoms with E-state index in [9.17, 15) is 4.79 Å². The molecule has 0 aliphatic rings. The number of benzene rings is 2. The molecule has 4 heteroatoms. The van der Waals surface area contributed by atoms with Crippen LogP contribution in [0.2, 0.25) is 0 Å². The van der Waals surface area contributed by atoms with E-state index in [2.05, 4.69) is 52.4 Å². The maximum absolute atomic E-state index is 12.4. The fourth-order valence-corrected chi connectivity index (χ4v) is 2.58. The van der Waals surface area contributed by atoms with Crippen LogP contribution in [0.5, 0.6) is 0 Å². The number of nitrogens with one attached hydrogen (secondary N) is 1. The average molecular weight is 347 g/mol. The summed E-state index contributed by atoms with van der Waals surface area (Å²) in [5, 5.41) is 3.04. The van der Waals surface area contributed by atoms with Crippen LogP contribution in [-0.4, -0.2) is 5.91 Å². The van der Waals surface area contributed by atoms with Gasteiger partial charge >= 0.3 is 0 Å². The molecular formula is C17H19BrN2O. The SMILES string of the molecule is CCC(NC(=O)c1ccc(Br)cc1N)c1ccc(C)cc1. The van der Waals surface area contributed by atoms with Crippen molar-refractivity contribution in [2.45, 2.75) is 26.3 Å². The van der Waals surface area contributed by atoms with Crippen LogP contribution in [0.3, 0.4) is 0 Å². The van der Waals surface area contributed by atoms with Crippen LogP contribution in [0.15, 0.2) is 46.9 Å². The highest BCUT2D eigenvalue weighted by molar-refractivity contribution is 9.10. The number of nitrogens with two attached hydrogens (primary N) is 1. The summed E-state index contributed by atoms with van der Waals surface area (Å²) >= 11 is 3.34. The van der Waals surface area contributed by atoms with Gasteiger partial charge in [0.25, 0.3) is 5.91 Å². The molecule has 2 aromatic carbocycles. The Labute approximate surface area is 133 Å². The standard InChI is InChI=1S/C17H19BrN2O/c1-3-16(12-6-4-11(2)5-7-12)20-17(21)14-9-8-13(18)10-15(14)19/h4-10,16H,3,19H2,1-2H3,(H,20,21). The fraction of sp³-hybridized carbons (Fsp3) is 0.235. The molecule has 0 fully saturated rings. The lowest BCUT2D eigenvalue weighted by Gasteiger charge is -2.18. The van der Waals surface area contributed by atoms with Gasteiger partial charge in [0.1, 0.15) is 0 Å². The smallest absolute Gasteiger partial charge is 0.253 e. The van der Waals surface area contributed by atoms with E-state index in [4.69, 9.17) is 5.73 Å². The quantitative estimate of drug-likeness (QED) is 0.814. The number of anilines is 1. The van der Waals surface area contributed by atoms with Crippen molar-refractivity contribution in [3.05, 3.63) is 63.6 Å². The molecule has 0 heterocycles. The first kappa shape index (κ1) is 15.6. The molecule has 3 nitrogen and oxygen atoms in total. The van der Waals surface area contributed by atoms with E-state index in [0.29, 0.717) is 11.3 Å². The highest BCUT2D eigenvalue weighted by Crippen LogP contribution is 2.21. The first-order valence-electron chi connectivity index (χ1n) is 6.93. The predicted octanol–water partition coefficient (Wildman–Crippen LogP) is 4.22. The predicted molar refractivity (Wildman–Crippen MR) is 90.2 cm³/mol. The molecule has 1 atom stereocenters. The van der Waals surface area contributed by atoms with Crippen molar-refractivity contribution < 1.29 is 4.79 Å². The van der Waals surface area contributed by atoms with E-state index in [0.717, 1.165) is 16.5 Å². The van der Waals surface area contributed by atoms with Gasteiger partial charge in [0, 0.05) is 10.2 Å². The van der Waals surface area contributed by atoms with Gasteiger partial charge in [-0.05, 0) is 37.1 Å². The Hall–Kier alpha value is -1.81. The van der Waals surface area contributed by atoms with Crippen molar-refractivity contribution in [1.82, 2.24) is 5.32 Å². The zero-order valence-electron chi connectivity index (χ0n) is 12.2. The van der Waals surface area contributed by atoms with E-state index in [-0.39, 0.29) is 11.9 Å². The number of rotatable bonds is 4. The first-order chi connectivity index (χ1) is 10.0. The van der Waals surface area contributed by atoms with Crippen molar-refractivity contribution >= 4 is 27.5 Å². The maximum atomic E-state index is 12.4. The number of carbonyl (C=O) groups is 1. The summed E-state index contributed by atoms with van der Waals surface area (Å²) < 4.78 is 0.863. The minimum atomic E-state index is -0.146. The number of hydrogen-bond donors (Lipinski definition) is 2. The van der Waals surface area contributed by atoms with Crippen molar-refractivity contribution in [1.29, 1.82) is 0 Å². The van der Waals surface area contributed by atoms with Crippen molar-refractivity contribution in [2.75, 3.05) is 5.73 Å². The van der Waals surface area contributed by atoms with Gasteiger partial charge < -0.3 is 11.1 Å². The van der Waals surface area contributed by atoms with Gasteiger partial charge in [-0.3, -0.25) is 4.79 Å². The second-order valence-electron chi connectivity index (χ2n) is 5.08. The first-order valence-corrected chi connectivity index (χ1v) is 7.73. The zero-order chi connectivity index (χ0) is 15.4. The van der Waals surface area contributed by atoms with E-state index in [1.807, 2.05) is 13.0 Å². The lowest BCUT2D eigenvalue weighted by atomic mass is 10.0. The third-order valence-electron chi connectivity index (χ3n) is 3.45. The molecule has 0 aliphatic heterocycles. The summed E-state index contributed by atoms with van der Waals surface area (Å²) in [6.07, 6.45) is 0.825. The minimum Gasteiger partial charge on any atom is -0.398 e.